The van der Waals surface area contributed by atoms with E-state index in [1.54, 1.807) is 18.3 Å². The summed E-state index contributed by atoms with van der Waals surface area (Å²) in [6, 6.07) is 5.46. The van der Waals surface area contributed by atoms with Crippen molar-refractivity contribution in [3.8, 4) is 0 Å². The normalized spacial score (nSPS) is 10.9. The number of fused-ring (bicyclic) bond motifs is 1. The van der Waals surface area contributed by atoms with E-state index in [9.17, 15) is 4.79 Å². The highest BCUT2D eigenvalue weighted by Crippen LogP contribution is 2.24. The first kappa shape index (κ1) is 12.6. The minimum absolute atomic E-state index is 0.206. The molecule has 2 N–H and O–H groups in total. The second-order valence-electron chi connectivity index (χ2n) is 4.33. The highest BCUT2D eigenvalue weighted by atomic mass is 35.5. The maximum atomic E-state index is 12.2. The number of rotatable bonds is 3. The fourth-order valence-electron chi connectivity index (χ4n) is 2.06. The standard InChI is InChI=1S/C12H11ClN6O/c1-19-6-9(8-4-7(13)2-3-10(8)19)12(20)14-5-11-15-17-18-16-11/h2-4,6H,5H2,1H3,(H,14,20)(H,15,16,17,18). The molecule has 0 saturated carbocycles. The number of hydrogen-bond donors (Lipinski definition) is 2. The van der Waals surface area contributed by atoms with Crippen LogP contribution in [-0.4, -0.2) is 31.1 Å². The van der Waals surface area contributed by atoms with Gasteiger partial charge in [-0.3, -0.25) is 4.79 Å². The summed E-state index contributed by atoms with van der Waals surface area (Å²) in [5.41, 5.74) is 1.51. The lowest BCUT2D eigenvalue weighted by molar-refractivity contribution is 0.0951. The van der Waals surface area contributed by atoms with Crippen molar-refractivity contribution in [2.75, 3.05) is 0 Å². The van der Waals surface area contributed by atoms with E-state index in [0.29, 0.717) is 16.4 Å². The van der Waals surface area contributed by atoms with Crippen LogP contribution in [-0.2, 0) is 13.6 Å². The molecule has 0 bridgehead atoms. The molecule has 0 saturated heterocycles. The predicted octanol–water partition coefficient (Wildman–Crippen LogP) is 1.27. The van der Waals surface area contributed by atoms with Gasteiger partial charge in [0, 0.05) is 29.2 Å². The molecule has 7 nitrogen and oxygen atoms in total. The van der Waals surface area contributed by atoms with E-state index in [-0.39, 0.29) is 12.5 Å². The minimum Gasteiger partial charge on any atom is -0.350 e. The molecular formula is C12H11ClN6O. The zero-order valence-electron chi connectivity index (χ0n) is 10.6. The van der Waals surface area contributed by atoms with Crippen molar-refractivity contribution in [1.82, 2.24) is 30.5 Å². The van der Waals surface area contributed by atoms with Crippen LogP contribution in [0.4, 0.5) is 0 Å². The second kappa shape index (κ2) is 4.93. The Morgan fingerprint density at radius 3 is 3.10 bits per heavy atom. The third-order valence-electron chi connectivity index (χ3n) is 2.99. The molecule has 0 fully saturated rings. The number of benzene rings is 1. The van der Waals surface area contributed by atoms with E-state index in [2.05, 4.69) is 25.9 Å². The summed E-state index contributed by atoms with van der Waals surface area (Å²) in [5.74, 6) is 0.222. The number of carbonyl (C=O) groups is 1. The molecule has 0 aliphatic heterocycles. The molecule has 3 rings (SSSR count). The van der Waals surface area contributed by atoms with Gasteiger partial charge < -0.3 is 9.88 Å². The van der Waals surface area contributed by atoms with Gasteiger partial charge in [0.2, 0.25) is 0 Å². The van der Waals surface area contributed by atoms with Gasteiger partial charge in [-0.25, -0.2) is 0 Å². The number of hydrogen-bond acceptors (Lipinski definition) is 4. The Bertz CT molecular complexity index is 764. The number of aryl methyl sites for hydroxylation is 1. The summed E-state index contributed by atoms with van der Waals surface area (Å²) in [4.78, 5) is 12.2. The number of nitrogens with zero attached hydrogens (tertiary/aromatic N) is 4. The van der Waals surface area contributed by atoms with Crippen molar-refractivity contribution in [2.24, 2.45) is 7.05 Å². The third-order valence-corrected chi connectivity index (χ3v) is 3.23. The molecule has 3 aromatic rings. The topological polar surface area (TPSA) is 88.5 Å². The smallest absolute Gasteiger partial charge is 0.253 e. The van der Waals surface area contributed by atoms with Crippen molar-refractivity contribution in [2.45, 2.75) is 6.54 Å². The summed E-state index contributed by atoms with van der Waals surface area (Å²) < 4.78 is 1.88. The first-order valence-corrected chi connectivity index (χ1v) is 6.28. The van der Waals surface area contributed by atoms with E-state index in [1.807, 2.05) is 17.7 Å². The molecule has 0 aliphatic carbocycles. The first-order valence-electron chi connectivity index (χ1n) is 5.90. The Labute approximate surface area is 118 Å². The fourth-order valence-corrected chi connectivity index (χ4v) is 2.23. The van der Waals surface area contributed by atoms with Crippen LogP contribution in [0.2, 0.25) is 5.02 Å². The van der Waals surface area contributed by atoms with Crippen LogP contribution in [0.5, 0.6) is 0 Å². The second-order valence-corrected chi connectivity index (χ2v) is 4.76. The van der Waals surface area contributed by atoms with Crippen molar-refractivity contribution in [1.29, 1.82) is 0 Å². The number of carbonyl (C=O) groups excluding carboxylic acids is 1. The van der Waals surface area contributed by atoms with Crippen LogP contribution in [0, 0.1) is 0 Å². The Morgan fingerprint density at radius 1 is 1.50 bits per heavy atom. The monoisotopic (exact) mass is 290 g/mol. The average Bonchev–Trinajstić information content (AvgIpc) is 3.04. The number of amides is 1. The lowest BCUT2D eigenvalue weighted by Crippen LogP contribution is -2.23. The maximum Gasteiger partial charge on any atom is 0.253 e. The Hall–Kier alpha value is -2.41. The molecule has 2 aromatic heterocycles. The number of H-pyrrole nitrogens is 1. The van der Waals surface area contributed by atoms with E-state index in [0.717, 1.165) is 10.9 Å². The van der Waals surface area contributed by atoms with Crippen LogP contribution in [0.1, 0.15) is 16.2 Å². The molecule has 0 spiro atoms. The summed E-state index contributed by atoms with van der Waals surface area (Å²) in [7, 11) is 1.88. The minimum atomic E-state index is -0.206. The molecule has 102 valence electrons. The average molecular weight is 291 g/mol. The largest absolute Gasteiger partial charge is 0.350 e. The van der Waals surface area contributed by atoms with E-state index in [4.69, 9.17) is 11.6 Å². The summed E-state index contributed by atoms with van der Waals surface area (Å²) >= 11 is 5.99. The lowest BCUT2D eigenvalue weighted by Gasteiger charge is -2.01. The van der Waals surface area contributed by atoms with Gasteiger partial charge >= 0.3 is 0 Å². The molecule has 0 aliphatic rings. The quantitative estimate of drug-likeness (QED) is 0.760. The fraction of sp³-hybridized carbons (Fsp3) is 0.167. The van der Waals surface area contributed by atoms with Gasteiger partial charge in [-0.1, -0.05) is 16.8 Å². The molecule has 1 aromatic carbocycles. The third kappa shape index (κ3) is 2.23. The Balaban J connectivity index is 1.89. The lowest BCUT2D eigenvalue weighted by atomic mass is 10.1. The van der Waals surface area contributed by atoms with Crippen molar-refractivity contribution >= 4 is 28.4 Å². The van der Waals surface area contributed by atoms with Gasteiger partial charge in [0.25, 0.3) is 5.91 Å². The van der Waals surface area contributed by atoms with Crippen LogP contribution in [0.15, 0.2) is 24.4 Å². The van der Waals surface area contributed by atoms with Crippen molar-refractivity contribution < 1.29 is 4.79 Å². The molecule has 1 amide bonds. The number of halogens is 1. The number of aromatic nitrogens is 5. The molecule has 0 unspecified atom stereocenters. The number of aromatic amines is 1. The van der Waals surface area contributed by atoms with E-state index < -0.39 is 0 Å². The first-order chi connectivity index (χ1) is 9.65. The Kier molecular flexibility index (Phi) is 3.11. The van der Waals surface area contributed by atoms with Gasteiger partial charge in [-0.05, 0) is 18.2 Å². The maximum absolute atomic E-state index is 12.2. The Morgan fingerprint density at radius 2 is 2.35 bits per heavy atom. The van der Waals surface area contributed by atoms with Gasteiger partial charge in [0.15, 0.2) is 5.82 Å². The SMILES string of the molecule is Cn1cc(C(=O)NCc2nn[nH]n2)c2cc(Cl)ccc21. The highest BCUT2D eigenvalue weighted by molar-refractivity contribution is 6.31. The zero-order valence-corrected chi connectivity index (χ0v) is 11.3. The molecule has 8 heteroatoms. The summed E-state index contributed by atoms with van der Waals surface area (Å²) in [5, 5.41) is 17.5. The molecule has 20 heavy (non-hydrogen) atoms. The zero-order chi connectivity index (χ0) is 14.1. The van der Waals surface area contributed by atoms with Crippen molar-refractivity contribution in [3.63, 3.8) is 0 Å². The van der Waals surface area contributed by atoms with Gasteiger partial charge in [0.1, 0.15) is 0 Å². The molecule has 0 radical (unpaired) electrons. The summed E-state index contributed by atoms with van der Waals surface area (Å²) in [6.45, 7) is 0.215. The van der Waals surface area contributed by atoms with E-state index in [1.165, 1.54) is 0 Å². The van der Waals surface area contributed by atoms with Crippen LogP contribution in [0.3, 0.4) is 0 Å². The van der Waals surface area contributed by atoms with Crippen LogP contribution < -0.4 is 5.32 Å². The van der Waals surface area contributed by atoms with Crippen LogP contribution in [0.25, 0.3) is 10.9 Å². The van der Waals surface area contributed by atoms with Crippen molar-refractivity contribution in [3.05, 3.63) is 40.8 Å². The van der Waals surface area contributed by atoms with Gasteiger partial charge in [-0.2, -0.15) is 5.21 Å². The number of nitrogens with one attached hydrogen (secondary N) is 2. The van der Waals surface area contributed by atoms with Crippen LogP contribution >= 0.6 is 11.6 Å². The summed E-state index contributed by atoms with van der Waals surface area (Å²) in [6.07, 6.45) is 1.77. The van der Waals surface area contributed by atoms with Gasteiger partial charge in [0.05, 0.1) is 12.1 Å². The highest BCUT2D eigenvalue weighted by Gasteiger charge is 2.14. The predicted molar refractivity (Wildman–Crippen MR) is 73.3 cm³/mol. The number of tetrazole rings is 1. The molecule has 0 atom stereocenters. The molecule has 2 heterocycles. The van der Waals surface area contributed by atoms with E-state index >= 15 is 0 Å². The molecular weight excluding hydrogens is 280 g/mol. The van der Waals surface area contributed by atoms with Gasteiger partial charge in [-0.15, -0.1) is 10.2 Å².